The second kappa shape index (κ2) is 6.40. The van der Waals surface area contributed by atoms with Gasteiger partial charge in [0.05, 0.1) is 13.2 Å². The number of methoxy groups -OCH3 is 1. The summed E-state index contributed by atoms with van der Waals surface area (Å²) in [7, 11) is 1.68. The van der Waals surface area contributed by atoms with Crippen molar-refractivity contribution in [3.8, 4) is 5.75 Å². The minimum Gasteiger partial charge on any atom is -0.497 e. The van der Waals surface area contributed by atoms with Crippen molar-refractivity contribution in [1.82, 2.24) is 4.90 Å². The maximum absolute atomic E-state index is 12.0. The molecule has 0 aromatic heterocycles. The summed E-state index contributed by atoms with van der Waals surface area (Å²) >= 11 is 0. The van der Waals surface area contributed by atoms with Gasteiger partial charge in [-0.3, -0.25) is 4.90 Å². The summed E-state index contributed by atoms with van der Waals surface area (Å²) in [5, 5.41) is 0. The van der Waals surface area contributed by atoms with Crippen LogP contribution in [0.3, 0.4) is 0 Å². The molecular weight excluding hydrogens is 322 g/mol. The molecule has 1 saturated carbocycles. The Labute approximate surface area is 155 Å². The minimum absolute atomic E-state index is 0.183. The highest BCUT2D eigenvalue weighted by molar-refractivity contribution is 5.69. The first kappa shape index (κ1) is 17.0. The minimum atomic E-state index is -0.183. The molecule has 0 radical (unpaired) electrons. The Morgan fingerprint density at radius 1 is 1.27 bits per heavy atom. The predicted octanol–water partition coefficient (Wildman–Crippen LogP) is 4.52. The molecule has 2 aromatic carbocycles. The lowest BCUT2D eigenvalue weighted by Crippen LogP contribution is -2.41. The van der Waals surface area contributed by atoms with Crippen LogP contribution in [0.2, 0.25) is 0 Å². The zero-order valence-electron chi connectivity index (χ0n) is 15.5. The Hall–Kier alpha value is -2.39. The first-order chi connectivity index (χ1) is 12.6. The van der Waals surface area contributed by atoms with E-state index >= 15 is 0 Å². The fourth-order valence-corrected chi connectivity index (χ4v) is 4.17. The van der Waals surface area contributed by atoms with Crippen molar-refractivity contribution < 1.29 is 9.53 Å². The highest BCUT2D eigenvalue weighted by Crippen LogP contribution is 2.55. The van der Waals surface area contributed by atoms with Gasteiger partial charge in [-0.1, -0.05) is 42.5 Å². The van der Waals surface area contributed by atoms with E-state index in [1.165, 1.54) is 35.1 Å². The number of carbonyl (C=O) groups excluding carboxylic acids is 1. The molecule has 1 unspecified atom stereocenters. The van der Waals surface area contributed by atoms with Crippen LogP contribution in [0, 0.1) is 0 Å². The average Bonchev–Trinajstić information content (AvgIpc) is 3.42. The van der Waals surface area contributed by atoms with E-state index in [-0.39, 0.29) is 11.5 Å². The van der Waals surface area contributed by atoms with Crippen molar-refractivity contribution in [1.29, 1.82) is 0 Å². The Balaban J connectivity index is 1.67. The second-order valence-electron chi connectivity index (χ2n) is 7.70. The van der Waals surface area contributed by atoms with Crippen LogP contribution in [0.25, 0.3) is 5.57 Å². The zero-order chi connectivity index (χ0) is 18.3. The molecule has 3 heteroatoms. The lowest BCUT2D eigenvalue weighted by atomic mass is 9.81. The van der Waals surface area contributed by atoms with E-state index in [0.717, 1.165) is 30.7 Å². The molecule has 0 bridgehead atoms. The van der Waals surface area contributed by atoms with Gasteiger partial charge in [-0.05, 0) is 54.2 Å². The van der Waals surface area contributed by atoms with Crippen molar-refractivity contribution in [3.05, 3.63) is 71.3 Å². The largest absolute Gasteiger partial charge is 0.497 e. The summed E-state index contributed by atoms with van der Waals surface area (Å²) < 4.78 is 5.24. The molecule has 0 N–H and O–H groups in total. The third-order valence-corrected chi connectivity index (χ3v) is 5.86. The van der Waals surface area contributed by atoms with E-state index in [2.05, 4.69) is 41.8 Å². The van der Waals surface area contributed by atoms with Crippen LogP contribution in [-0.2, 0) is 16.8 Å². The van der Waals surface area contributed by atoms with E-state index in [9.17, 15) is 4.79 Å². The number of benzene rings is 2. The van der Waals surface area contributed by atoms with Crippen LogP contribution in [0.5, 0.6) is 5.75 Å². The van der Waals surface area contributed by atoms with Gasteiger partial charge in [-0.25, -0.2) is 0 Å². The SMILES string of the molecule is C=C(C)c1ccc2c(c1)C1(CC1)CN(Cc1ccc(OC)cc1)C2C=O. The Bertz CT molecular complexity index is 849. The number of aldehydes is 1. The van der Waals surface area contributed by atoms with E-state index in [1.54, 1.807) is 7.11 Å². The second-order valence-corrected chi connectivity index (χ2v) is 7.70. The van der Waals surface area contributed by atoms with Gasteiger partial charge in [-0.15, -0.1) is 0 Å². The molecule has 26 heavy (non-hydrogen) atoms. The highest BCUT2D eigenvalue weighted by Gasteiger charge is 2.51. The van der Waals surface area contributed by atoms with Crippen LogP contribution in [-0.4, -0.2) is 24.8 Å². The molecule has 1 spiro atoms. The maximum atomic E-state index is 12.0. The van der Waals surface area contributed by atoms with Crippen LogP contribution in [0.15, 0.2) is 49.0 Å². The van der Waals surface area contributed by atoms with Crippen molar-refractivity contribution in [3.63, 3.8) is 0 Å². The van der Waals surface area contributed by atoms with E-state index < -0.39 is 0 Å². The normalized spacial score (nSPS) is 20.5. The average molecular weight is 347 g/mol. The van der Waals surface area contributed by atoms with E-state index in [0.29, 0.717) is 0 Å². The summed E-state index contributed by atoms with van der Waals surface area (Å²) in [6.07, 6.45) is 3.49. The van der Waals surface area contributed by atoms with Gasteiger partial charge < -0.3 is 9.53 Å². The molecule has 1 aliphatic carbocycles. The maximum Gasteiger partial charge on any atom is 0.141 e. The number of nitrogens with zero attached hydrogens (tertiary/aromatic N) is 1. The van der Waals surface area contributed by atoms with Crippen molar-refractivity contribution in [2.24, 2.45) is 0 Å². The molecule has 0 amide bonds. The van der Waals surface area contributed by atoms with Gasteiger partial charge in [0.1, 0.15) is 12.0 Å². The number of hydrogen-bond donors (Lipinski definition) is 0. The number of rotatable bonds is 5. The third kappa shape index (κ3) is 2.86. The monoisotopic (exact) mass is 347 g/mol. The first-order valence-corrected chi connectivity index (χ1v) is 9.19. The standard InChI is InChI=1S/C23H25NO2/c1-16(2)18-6-9-20-21(12-18)23(10-11-23)15-24(22(20)14-25)13-17-4-7-19(26-3)8-5-17/h4-9,12,14,22H,1,10-11,13,15H2,2-3H3. The molecule has 1 fully saturated rings. The van der Waals surface area contributed by atoms with Crippen LogP contribution < -0.4 is 4.74 Å². The Kier molecular flexibility index (Phi) is 4.20. The molecule has 134 valence electrons. The van der Waals surface area contributed by atoms with Crippen LogP contribution in [0.4, 0.5) is 0 Å². The van der Waals surface area contributed by atoms with Gasteiger partial charge >= 0.3 is 0 Å². The number of allylic oxidation sites excluding steroid dienone is 1. The quantitative estimate of drug-likeness (QED) is 0.745. The number of hydrogen-bond acceptors (Lipinski definition) is 3. The number of carbonyl (C=O) groups is 1. The molecule has 3 nitrogen and oxygen atoms in total. The van der Waals surface area contributed by atoms with Crippen molar-refractivity contribution >= 4 is 11.9 Å². The highest BCUT2D eigenvalue weighted by atomic mass is 16.5. The summed E-state index contributed by atoms with van der Waals surface area (Å²) in [5.41, 5.74) is 6.21. The van der Waals surface area contributed by atoms with Crippen molar-refractivity contribution in [2.45, 2.75) is 37.8 Å². The molecule has 0 saturated heterocycles. The predicted molar refractivity (Wildman–Crippen MR) is 104 cm³/mol. The zero-order valence-corrected chi connectivity index (χ0v) is 15.5. The van der Waals surface area contributed by atoms with Gasteiger partial charge in [0.2, 0.25) is 0 Å². The Morgan fingerprint density at radius 2 is 2.00 bits per heavy atom. The van der Waals surface area contributed by atoms with Gasteiger partial charge in [-0.2, -0.15) is 0 Å². The molecule has 2 aromatic rings. The summed E-state index contributed by atoms with van der Waals surface area (Å²) in [6, 6.07) is 14.5. The van der Waals surface area contributed by atoms with E-state index in [1.807, 2.05) is 19.1 Å². The molecule has 2 aliphatic rings. The summed E-state index contributed by atoms with van der Waals surface area (Å²) in [4.78, 5) is 14.3. The number of ether oxygens (including phenoxy) is 1. The van der Waals surface area contributed by atoms with Crippen LogP contribution in [0.1, 0.15) is 48.1 Å². The first-order valence-electron chi connectivity index (χ1n) is 9.19. The smallest absolute Gasteiger partial charge is 0.141 e. The number of fused-ring (bicyclic) bond motifs is 2. The molecule has 1 heterocycles. The summed E-state index contributed by atoms with van der Waals surface area (Å²) in [6.45, 7) is 7.83. The van der Waals surface area contributed by atoms with Crippen LogP contribution >= 0.6 is 0 Å². The molecule has 1 atom stereocenters. The van der Waals surface area contributed by atoms with Gasteiger partial charge in [0.15, 0.2) is 0 Å². The summed E-state index contributed by atoms with van der Waals surface area (Å²) in [5.74, 6) is 0.857. The lowest BCUT2D eigenvalue weighted by Gasteiger charge is -2.39. The van der Waals surface area contributed by atoms with Gasteiger partial charge in [0, 0.05) is 18.5 Å². The molecule has 4 rings (SSSR count). The molecular formula is C23H25NO2. The van der Waals surface area contributed by atoms with Gasteiger partial charge in [0.25, 0.3) is 0 Å². The lowest BCUT2D eigenvalue weighted by molar-refractivity contribution is -0.113. The van der Waals surface area contributed by atoms with Crippen molar-refractivity contribution in [2.75, 3.05) is 13.7 Å². The fraction of sp³-hybridized carbons (Fsp3) is 0.348. The molecule has 1 aliphatic heterocycles. The fourth-order valence-electron chi connectivity index (χ4n) is 4.17. The Morgan fingerprint density at radius 3 is 2.58 bits per heavy atom. The van der Waals surface area contributed by atoms with E-state index in [4.69, 9.17) is 4.74 Å². The topological polar surface area (TPSA) is 29.5 Å². The third-order valence-electron chi connectivity index (χ3n) is 5.86.